The summed E-state index contributed by atoms with van der Waals surface area (Å²) in [7, 11) is 1.52. The zero-order valence-corrected chi connectivity index (χ0v) is 13.6. The number of aromatic nitrogens is 1. The number of phenols is 1. The highest BCUT2D eigenvalue weighted by Gasteiger charge is 2.16. The molecule has 4 nitrogen and oxygen atoms in total. The van der Waals surface area contributed by atoms with E-state index in [2.05, 4.69) is 4.98 Å². The van der Waals surface area contributed by atoms with E-state index in [0.717, 1.165) is 21.0 Å². The molecule has 0 aliphatic carbocycles. The van der Waals surface area contributed by atoms with E-state index in [0.29, 0.717) is 11.3 Å². The van der Waals surface area contributed by atoms with Crippen LogP contribution in [0.1, 0.15) is 15.9 Å². The highest BCUT2D eigenvalue weighted by atomic mass is 32.1. The summed E-state index contributed by atoms with van der Waals surface area (Å²) >= 11 is 1.65. The van der Waals surface area contributed by atoms with Crippen LogP contribution in [0.15, 0.2) is 54.0 Å². The maximum absolute atomic E-state index is 12.8. The van der Waals surface area contributed by atoms with E-state index >= 15 is 0 Å². The van der Waals surface area contributed by atoms with Crippen LogP contribution in [0.25, 0.3) is 21.0 Å². The maximum atomic E-state index is 12.8. The predicted molar refractivity (Wildman–Crippen MR) is 95.2 cm³/mol. The van der Waals surface area contributed by atoms with Crippen LogP contribution >= 0.6 is 11.3 Å². The molecule has 2 aromatic carbocycles. The van der Waals surface area contributed by atoms with Gasteiger partial charge in [-0.1, -0.05) is 0 Å². The lowest BCUT2D eigenvalue weighted by atomic mass is 10.0. The van der Waals surface area contributed by atoms with Gasteiger partial charge < -0.3 is 9.84 Å². The van der Waals surface area contributed by atoms with Crippen LogP contribution in [-0.4, -0.2) is 23.0 Å². The van der Waals surface area contributed by atoms with Crippen molar-refractivity contribution < 1.29 is 14.6 Å². The Bertz CT molecular complexity index is 1080. The van der Waals surface area contributed by atoms with Crippen molar-refractivity contribution in [3.05, 3.63) is 65.2 Å². The number of nitrogens with zero attached hydrogens (tertiary/aromatic N) is 1. The van der Waals surface area contributed by atoms with Crippen LogP contribution in [0.2, 0.25) is 0 Å². The molecule has 0 fully saturated rings. The van der Waals surface area contributed by atoms with Gasteiger partial charge in [0, 0.05) is 27.2 Å². The van der Waals surface area contributed by atoms with Crippen molar-refractivity contribution in [2.75, 3.05) is 7.11 Å². The molecule has 0 spiro atoms. The van der Waals surface area contributed by atoms with Crippen molar-refractivity contribution >= 4 is 38.1 Å². The average molecular weight is 335 g/mol. The number of ether oxygens (including phenoxy) is 1. The number of phenolic OH excluding ortho intramolecular Hbond substituents is 1. The van der Waals surface area contributed by atoms with E-state index in [1.54, 1.807) is 23.6 Å². The average Bonchev–Trinajstić information content (AvgIpc) is 3.10. The van der Waals surface area contributed by atoms with Crippen LogP contribution in [0, 0.1) is 0 Å². The number of thiophene rings is 1. The van der Waals surface area contributed by atoms with Crippen molar-refractivity contribution in [2.24, 2.45) is 0 Å². The minimum atomic E-state index is -0.284. The van der Waals surface area contributed by atoms with E-state index in [9.17, 15) is 9.90 Å². The summed E-state index contributed by atoms with van der Waals surface area (Å²) in [6, 6.07) is 12.4. The number of aromatic hydroxyl groups is 1. The Kier molecular flexibility index (Phi) is 3.43. The summed E-state index contributed by atoms with van der Waals surface area (Å²) in [4.78, 5) is 17.2. The topological polar surface area (TPSA) is 59.4 Å². The fourth-order valence-corrected chi connectivity index (χ4v) is 3.56. The summed E-state index contributed by atoms with van der Waals surface area (Å²) in [6.45, 7) is 0. The first-order chi connectivity index (χ1) is 11.7. The molecule has 0 saturated carbocycles. The fourth-order valence-electron chi connectivity index (χ4n) is 2.75. The zero-order chi connectivity index (χ0) is 16.7. The molecular formula is C19H13NO3S. The molecule has 2 aromatic heterocycles. The Morgan fingerprint density at radius 2 is 2.00 bits per heavy atom. The number of ketones is 1. The minimum Gasteiger partial charge on any atom is -0.507 e. The molecule has 2 heterocycles. The number of fused-ring (bicyclic) bond motifs is 3. The standard InChI is InChI=1S/C19H13NO3S/c1-23-12-2-4-17(21)15(9-12)19(22)11-8-14-13-6-7-24-18(13)5-3-16(14)20-10-11/h2-10,21H,1H3. The van der Waals surface area contributed by atoms with Gasteiger partial charge in [0.15, 0.2) is 5.78 Å². The lowest BCUT2D eigenvalue weighted by Crippen LogP contribution is -2.03. The van der Waals surface area contributed by atoms with Crippen LogP contribution in [-0.2, 0) is 0 Å². The number of carbonyl (C=O) groups is 1. The molecule has 0 unspecified atom stereocenters. The summed E-state index contributed by atoms with van der Waals surface area (Å²) in [6.07, 6.45) is 1.54. The predicted octanol–water partition coefficient (Wildman–Crippen LogP) is 4.39. The first-order valence-corrected chi connectivity index (χ1v) is 8.23. The number of hydrogen-bond donors (Lipinski definition) is 1. The number of pyridine rings is 1. The molecule has 0 aliphatic heterocycles. The van der Waals surface area contributed by atoms with Crippen LogP contribution in [0.4, 0.5) is 0 Å². The first kappa shape index (κ1) is 14.7. The normalized spacial score (nSPS) is 11.0. The lowest BCUT2D eigenvalue weighted by Gasteiger charge is -2.07. The van der Waals surface area contributed by atoms with E-state index in [1.165, 1.54) is 19.2 Å². The van der Waals surface area contributed by atoms with E-state index in [4.69, 9.17) is 4.74 Å². The number of rotatable bonds is 3. The largest absolute Gasteiger partial charge is 0.507 e. The van der Waals surface area contributed by atoms with Gasteiger partial charge in [-0.05, 0) is 47.8 Å². The zero-order valence-electron chi connectivity index (χ0n) is 12.8. The van der Waals surface area contributed by atoms with E-state index in [1.807, 2.05) is 29.6 Å². The van der Waals surface area contributed by atoms with Gasteiger partial charge in [0.05, 0.1) is 18.2 Å². The molecule has 0 radical (unpaired) electrons. The summed E-state index contributed by atoms with van der Waals surface area (Å²) < 4.78 is 6.29. The van der Waals surface area contributed by atoms with Crippen LogP contribution in [0.3, 0.4) is 0 Å². The van der Waals surface area contributed by atoms with Crippen molar-refractivity contribution in [3.63, 3.8) is 0 Å². The molecule has 5 heteroatoms. The van der Waals surface area contributed by atoms with Gasteiger partial charge in [0.1, 0.15) is 11.5 Å². The van der Waals surface area contributed by atoms with E-state index in [-0.39, 0.29) is 17.1 Å². The Hall–Kier alpha value is -2.92. The minimum absolute atomic E-state index is 0.0744. The molecule has 0 atom stereocenters. The third-order valence-corrected chi connectivity index (χ3v) is 4.89. The summed E-state index contributed by atoms with van der Waals surface area (Å²) in [5.74, 6) is 0.160. The van der Waals surface area contributed by atoms with E-state index < -0.39 is 0 Å². The lowest BCUT2D eigenvalue weighted by molar-refractivity contribution is 0.103. The molecule has 118 valence electrons. The number of benzene rings is 2. The Labute approximate surface area is 142 Å². The molecule has 0 bridgehead atoms. The third kappa shape index (κ3) is 2.30. The second-order valence-corrected chi connectivity index (χ2v) is 6.35. The second kappa shape index (κ2) is 5.62. The monoisotopic (exact) mass is 335 g/mol. The SMILES string of the molecule is COc1ccc(O)c(C(=O)c2cnc3ccc4sccc4c3c2)c1. The molecule has 0 saturated heterocycles. The van der Waals surface area contributed by atoms with Crippen LogP contribution < -0.4 is 4.74 Å². The third-order valence-electron chi connectivity index (χ3n) is 4.01. The summed E-state index contributed by atoms with van der Waals surface area (Å²) in [5.41, 5.74) is 1.48. The number of methoxy groups -OCH3 is 1. The maximum Gasteiger partial charge on any atom is 0.198 e. The van der Waals surface area contributed by atoms with Gasteiger partial charge in [-0.2, -0.15) is 0 Å². The molecule has 0 amide bonds. The first-order valence-electron chi connectivity index (χ1n) is 7.35. The molecule has 4 rings (SSSR count). The number of hydrogen-bond acceptors (Lipinski definition) is 5. The van der Waals surface area contributed by atoms with Gasteiger partial charge >= 0.3 is 0 Å². The molecule has 24 heavy (non-hydrogen) atoms. The quantitative estimate of drug-likeness (QED) is 0.564. The Morgan fingerprint density at radius 1 is 1.12 bits per heavy atom. The van der Waals surface area contributed by atoms with Crippen molar-refractivity contribution in [1.82, 2.24) is 4.98 Å². The van der Waals surface area contributed by atoms with Gasteiger partial charge in [-0.3, -0.25) is 9.78 Å². The Morgan fingerprint density at radius 3 is 2.83 bits per heavy atom. The Balaban J connectivity index is 1.88. The second-order valence-electron chi connectivity index (χ2n) is 5.40. The highest BCUT2D eigenvalue weighted by molar-refractivity contribution is 7.17. The van der Waals surface area contributed by atoms with Crippen molar-refractivity contribution in [1.29, 1.82) is 0 Å². The van der Waals surface area contributed by atoms with Crippen LogP contribution in [0.5, 0.6) is 11.5 Å². The fraction of sp³-hybridized carbons (Fsp3) is 0.0526. The molecular weight excluding hydrogens is 322 g/mol. The van der Waals surface area contributed by atoms with Crippen molar-refractivity contribution in [3.8, 4) is 11.5 Å². The highest BCUT2D eigenvalue weighted by Crippen LogP contribution is 2.30. The summed E-state index contributed by atoms with van der Waals surface area (Å²) in [5, 5.41) is 14.1. The van der Waals surface area contributed by atoms with Gasteiger partial charge in [0.2, 0.25) is 0 Å². The van der Waals surface area contributed by atoms with Gasteiger partial charge in [-0.15, -0.1) is 11.3 Å². The number of carbonyl (C=O) groups excluding carboxylic acids is 1. The van der Waals surface area contributed by atoms with Gasteiger partial charge in [0.25, 0.3) is 0 Å². The molecule has 4 aromatic rings. The smallest absolute Gasteiger partial charge is 0.198 e. The van der Waals surface area contributed by atoms with Crippen molar-refractivity contribution in [2.45, 2.75) is 0 Å². The van der Waals surface area contributed by atoms with Gasteiger partial charge in [-0.25, -0.2) is 0 Å². The molecule has 0 aliphatic rings. The molecule has 1 N–H and O–H groups in total.